The number of hydrogen-bond donors (Lipinski definition) is 1. The van der Waals surface area contributed by atoms with Gasteiger partial charge in [-0.3, -0.25) is 4.68 Å². The molecule has 4 heteroatoms. The molecule has 19 heavy (non-hydrogen) atoms. The van der Waals surface area contributed by atoms with E-state index in [0.29, 0.717) is 0 Å². The lowest BCUT2D eigenvalue weighted by Crippen LogP contribution is -2.18. The lowest BCUT2D eigenvalue weighted by Gasteiger charge is -2.02. The zero-order valence-electron chi connectivity index (χ0n) is 11.4. The molecule has 4 nitrogen and oxygen atoms in total. The standard InChI is InChI=1S/C15H21N3O/c1-19-10-8-16-11-15-12-17-18(13-15)9-7-14-5-3-2-4-6-14/h2-6,12-13,16H,7-11H2,1H3. The third kappa shape index (κ3) is 4.85. The SMILES string of the molecule is COCCNCc1cnn(CCc2ccccc2)c1. The van der Waals surface area contributed by atoms with Gasteiger partial charge in [0.05, 0.1) is 12.8 Å². The van der Waals surface area contributed by atoms with Gasteiger partial charge in [0.1, 0.15) is 0 Å². The van der Waals surface area contributed by atoms with Crippen molar-refractivity contribution in [3.63, 3.8) is 0 Å². The number of nitrogens with one attached hydrogen (secondary N) is 1. The Bertz CT molecular complexity index is 467. The summed E-state index contributed by atoms with van der Waals surface area (Å²) in [5.41, 5.74) is 2.56. The summed E-state index contributed by atoms with van der Waals surface area (Å²) in [6.07, 6.45) is 5.03. The molecular formula is C15H21N3O. The van der Waals surface area contributed by atoms with Crippen LogP contribution >= 0.6 is 0 Å². The molecular weight excluding hydrogens is 238 g/mol. The highest BCUT2D eigenvalue weighted by Crippen LogP contribution is 2.03. The van der Waals surface area contributed by atoms with E-state index < -0.39 is 0 Å². The summed E-state index contributed by atoms with van der Waals surface area (Å²) in [5, 5.41) is 7.69. The largest absolute Gasteiger partial charge is 0.383 e. The second-order valence-corrected chi connectivity index (χ2v) is 4.52. The van der Waals surface area contributed by atoms with Crippen molar-refractivity contribution in [3.05, 3.63) is 53.9 Å². The van der Waals surface area contributed by atoms with Crippen molar-refractivity contribution >= 4 is 0 Å². The number of ether oxygens (including phenoxy) is 1. The van der Waals surface area contributed by atoms with Crippen LogP contribution in [-0.2, 0) is 24.2 Å². The van der Waals surface area contributed by atoms with E-state index in [1.54, 1.807) is 7.11 Å². The van der Waals surface area contributed by atoms with E-state index in [1.807, 2.05) is 16.9 Å². The molecule has 0 aliphatic rings. The maximum atomic E-state index is 4.99. The average Bonchev–Trinajstić information content (AvgIpc) is 2.91. The van der Waals surface area contributed by atoms with Gasteiger partial charge < -0.3 is 10.1 Å². The smallest absolute Gasteiger partial charge is 0.0587 e. The summed E-state index contributed by atoms with van der Waals surface area (Å²) >= 11 is 0. The molecule has 1 aromatic heterocycles. The van der Waals surface area contributed by atoms with Crippen LogP contribution in [0.3, 0.4) is 0 Å². The number of nitrogens with zero attached hydrogens (tertiary/aromatic N) is 2. The molecule has 102 valence electrons. The fourth-order valence-corrected chi connectivity index (χ4v) is 1.92. The van der Waals surface area contributed by atoms with Crippen molar-refractivity contribution in [1.29, 1.82) is 0 Å². The van der Waals surface area contributed by atoms with E-state index in [-0.39, 0.29) is 0 Å². The molecule has 1 N–H and O–H groups in total. The van der Waals surface area contributed by atoms with Crippen molar-refractivity contribution < 1.29 is 4.74 Å². The Morgan fingerprint density at radius 3 is 2.84 bits per heavy atom. The Balaban J connectivity index is 1.74. The van der Waals surface area contributed by atoms with Crippen LogP contribution in [0.4, 0.5) is 0 Å². The first kappa shape index (κ1) is 13.8. The average molecular weight is 259 g/mol. The van der Waals surface area contributed by atoms with E-state index in [9.17, 15) is 0 Å². The van der Waals surface area contributed by atoms with Gasteiger partial charge in [-0.1, -0.05) is 30.3 Å². The summed E-state index contributed by atoms with van der Waals surface area (Å²) in [5.74, 6) is 0. The highest BCUT2D eigenvalue weighted by Gasteiger charge is 1.99. The van der Waals surface area contributed by atoms with Gasteiger partial charge in [0.2, 0.25) is 0 Å². The summed E-state index contributed by atoms with van der Waals surface area (Å²) < 4.78 is 6.99. The van der Waals surface area contributed by atoms with E-state index in [2.05, 4.69) is 40.9 Å². The van der Waals surface area contributed by atoms with E-state index in [0.717, 1.165) is 32.7 Å². The van der Waals surface area contributed by atoms with Crippen LogP contribution < -0.4 is 5.32 Å². The van der Waals surface area contributed by atoms with E-state index >= 15 is 0 Å². The molecule has 0 aliphatic carbocycles. The number of aryl methyl sites for hydroxylation is 2. The second-order valence-electron chi connectivity index (χ2n) is 4.52. The zero-order chi connectivity index (χ0) is 13.3. The van der Waals surface area contributed by atoms with Crippen molar-refractivity contribution in [2.75, 3.05) is 20.3 Å². The van der Waals surface area contributed by atoms with Gasteiger partial charge in [0, 0.05) is 38.5 Å². The molecule has 0 aliphatic heterocycles. The first-order chi connectivity index (χ1) is 9.38. The third-order valence-corrected chi connectivity index (χ3v) is 2.97. The summed E-state index contributed by atoms with van der Waals surface area (Å²) in [6, 6.07) is 10.5. The molecule has 0 amide bonds. The summed E-state index contributed by atoms with van der Waals surface area (Å²) in [7, 11) is 1.71. The van der Waals surface area contributed by atoms with Gasteiger partial charge >= 0.3 is 0 Å². The third-order valence-electron chi connectivity index (χ3n) is 2.97. The van der Waals surface area contributed by atoms with E-state index in [1.165, 1.54) is 11.1 Å². The lowest BCUT2D eigenvalue weighted by molar-refractivity contribution is 0.199. The molecule has 0 fully saturated rings. The van der Waals surface area contributed by atoms with Crippen LogP contribution in [0.1, 0.15) is 11.1 Å². The summed E-state index contributed by atoms with van der Waals surface area (Å²) in [4.78, 5) is 0. The van der Waals surface area contributed by atoms with Crippen molar-refractivity contribution in [2.45, 2.75) is 19.5 Å². The number of aromatic nitrogens is 2. The summed E-state index contributed by atoms with van der Waals surface area (Å²) in [6.45, 7) is 3.37. The van der Waals surface area contributed by atoms with Gasteiger partial charge in [-0.05, 0) is 12.0 Å². The van der Waals surface area contributed by atoms with Crippen LogP contribution in [0.5, 0.6) is 0 Å². The number of hydrogen-bond acceptors (Lipinski definition) is 3. The Kier molecular flexibility index (Phi) is 5.59. The first-order valence-corrected chi connectivity index (χ1v) is 6.63. The monoisotopic (exact) mass is 259 g/mol. The molecule has 0 bridgehead atoms. The highest BCUT2D eigenvalue weighted by molar-refractivity contribution is 5.14. The quantitative estimate of drug-likeness (QED) is 0.736. The molecule has 1 aromatic carbocycles. The predicted molar refractivity (Wildman–Crippen MR) is 76.0 cm³/mol. The Morgan fingerprint density at radius 2 is 2.05 bits per heavy atom. The minimum Gasteiger partial charge on any atom is -0.383 e. The Labute approximate surface area is 114 Å². The fourth-order valence-electron chi connectivity index (χ4n) is 1.92. The zero-order valence-corrected chi connectivity index (χ0v) is 11.4. The Morgan fingerprint density at radius 1 is 1.21 bits per heavy atom. The molecule has 2 aromatic rings. The molecule has 0 saturated heterocycles. The number of methoxy groups -OCH3 is 1. The minimum absolute atomic E-state index is 0.738. The molecule has 0 radical (unpaired) electrons. The molecule has 0 spiro atoms. The maximum absolute atomic E-state index is 4.99. The van der Waals surface area contributed by atoms with E-state index in [4.69, 9.17) is 4.74 Å². The van der Waals surface area contributed by atoms with Crippen LogP contribution in [0.15, 0.2) is 42.7 Å². The minimum atomic E-state index is 0.738. The molecule has 0 atom stereocenters. The highest BCUT2D eigenvalue weighted by atomic mass is 16.5. The normalized spacial score (nSPS) is 10.8. The first-order valence-electron chi connectivity index (χ1n) is 6.63. The topological polar surface area (TPSA) is 39.1 Å². The fraction of sp³-hybridized carbons (Fsp3) is 0.400. The van der Waals surface area contributed by atoms with Gasteiger partial charge in [0.15, 0.2) is 0 Å². The van der Waals surface area contributed by atoms with Crippen molar-refractivity contribution in [3.8, 4) is 0 Å². The predicted octanol–water partition coefficient (Wildman–Crippen LogP) is 1.86. The molecule has 0 unspecified atom stereocenters. The van der Waals surface area contributed by atoms with Crippen LogP contribution in [0.25, 0.3) is 0 Å². The Hall–Kier alpha value is -1.65. The van der Waals surface area contributed by atoms with Gasteiger partial charge in [0.25, 0.3) is 0 Å². The molecule has 0 saturated carbocycles. The van der Waals surface area contributed by atoms with Crippen LogP contribution in [-0.4, -0.2) is 30.0 Å². The molecule has 2 rings (SSSR count). The van der Waals surface area contributed by atoms with Gasteiger partial charge in [-0.25, -0.2) is 0 Å². The lowest BCUT2D eigenvalue weighted by atomic mass is 10.1. The van der Waals surface area contributed by atoms with Crippen molar-refractivity contribution in [2.24, 2.45) is 0 Å². The van der Waals surface area contributed by atoms with Gasteiger partial charge in [-0.15, -0.1) is 0 Å². The maximum Gasteiger partial charge on any atom is 0.0587 e. The van der Waals surface area contributed by atoms with Crippen LogP contribution in [0, 0.1) is 0 Å². The second kappa shape index (κ2) is 7.71. The molecule has 1 heterocycles. The van der Waals surface area contributed by atoms with Gasteiger partial charge in [-0.2, -0.15) is 5.10 Å². The number of benzene rings is 1. The number of rotatable bonds is 8. The van der Waals surface area contributed by atoms with Crippen LogP contribution in [0.2, 0.25) is 0 Å². The van der Waals surface area contributed by atoms with Crippen molar-refractivity contribution in [1.82, 2.24) is 15.1 Å².